The average molecular weight is 375 g/mol. The van der Waals surface area contributed by atoms with E-state index in [4.69, 9.17) is 4.74 Å². The van der Waals surface area contributed by atoms with Gasteiger partial charge in [-0.1, -0.05) is 18.2 Å². The van der Waals surface area contributed by atoms with E-state index in [0.29, 0.717) is 18.0 Å². The molecular weight excluding hydrogens is 354 g/mol. The largest absolute Gasteiger partial charge is 0.419 e. The first-order valence-electron chi connectivity index (χ1n) is 8.42. The van der Waals surface area contributed by atoms with Crippen LogP contribution in [0.5, 0.6) is 5.75 Å². The molecule has 8 heteroatoms. The van der Waals surface area contributed by atoms with E-state index >= 15 is 0 Å². The fraction of sp³-hybridized carbons (Fsp3) is 0.333. The summed E-state index contributed by atoms with van der Waals surface area (Å²) < 4.78 is 34.2. The van der Waals surface area contributed by atoms with Gasteiger partial charge in [-0.15, -0.1) is 4.40 Å². The number of hydrogen-bond donors (Lipinski definition) is 0. The Kier molecular flexibility index (Phi) is 5.41. The molecule has 1 saturated heterocycles. The summed E-state index contributed by atoms with van der Waals surface area (Å²) in [6.07, 6.45) is 6.31. The standard InChI is InChI=1S/C18H21N3O4S/c1-20-12-6-5-9-17(20)19-26(23,24)16-10-13-21(14-11-16)18(22)25-15-7-3-2-4-8-15/h2-4,7-8,10-11,13H,5-6,9,12,14H2,1H3/b19-17-. The molecule has 0 spiro atoms. The first-order chi connectivity index (χ1) is 12.5. The minimum absolute atomic E-state index is 0.0905. The predicted molar refractivity (Wildman–Crippen MR) is 99.2 cm³/mol. The van der Waals surface area contributed by atoms with E-state index in [-0.39, 0.29) is 11.4 Å². The smallest absolute Gasteiger partial charge is 0.410 e. The Labute approximate surface area is 153 Å². The summed E-state index contributed by atoms with van der Waals surface area (Å²) in [5.41, 5.74) is 0. The number of amidine groups is 1. The lowest BCUT2D eigenvalue weighted by Crippen LogP contribution is -2.33. The molecule has 2 aliphatic rings. The summed E-state index contributed by atoms with van der Waals surface area (Å²) in [4.78, 5) is 15.4. The molecule has 1 amide bonds. The van der Waals surface area contributed by atoms with Crippen LogP contribution in [0.15, 0.2) is 58.0 Å². The van der Waals surface area contributed by atoms with Gasteiger partial charge in [0.15, 0.2) is 0 Å². The lowest BCUT2D eigenvalue weighted by molar-refractivity contribution is 0.173. The minimum Gasteiger partial charge on any atom is -0.410 e. The van der Waals surface area contributed by atoms with Crippen LogP contribution in [0.25, 0.3) is 0 Å². The summed E-state index contributed by atoms with van der Waals surface area (Å²) in [5.74, 6) is 1.01. The summed E-state index contributed by atoms with van der Waals surface area (Å²) in [7, 11) is -1.93. The summed E-state index contributed by atoms with van der Waals surface area (Å²) >= 11 is 0. The molecule has 1 fully saturated rings. The van der Waals surface area contributed by atoms with Crippen LogP contribution in [-0.2, 0) is 10.0 Å². The monoisotopic (exact) mass is 375 g/mol. The zero-order valence-corrected chi connectivity index (χ0v) is 15.4. The lowest BCUT2D eigenvalue weighted by atomic mass is 10.1. The number of benzene rings is 1. The Bertz CT molecular complexity index is 860. The zero-order chi connectivity index (χ0) is 18.6. The van der Waals surface area contributed by atoms with E-state index in [1.807, 2.05) is 18.0 Å². The third-order valence-electron chi connectivity index (χ3n) is 4.20. The van der Waals surface area contributed by atoms with Crippen molar-refractivity contribution in [2.24, 2.45) is 4.40 Å². The number of likely N-dealkylation sites (tertiary alicyclic amines) is 1. The van der Waals surface area contributed by atoms with Gasteiger partial charge in [-0.25, -0.2) is 4.79 Å². The molecule has 138 valence electrons. The number of sulfonamides is 1. The van der Waals surface area contributed by atoms with Crippen molar-refractivity contribution in [3.63, 3.8) is 0 Å². The Balaban J connectivity index is 1.66. The molecule has 0 N–H and O–H groups in total. The fourth-order valence-corrected chi connectivity index (χ4v) is 3.85. The number of ether oxygens (including phenoxy) is 1. The van der Waals surface area contributed by atoms with Crippen LogP contribution in [0.4, 0.5) is 4.79 Å². The van der Waals surface area contributed by atoms with Crippen molar-refractivity contribution in [2.75, 3.05) is 20.1 Å². The fourth-order valence-electron chi connectivity index (χ4n) is 2.71. The van der Waals surface area contributed by atoms with Crippen molar-refractivity contribution >= 4 is 22.0 Å². The van der Waals surface area contributed by atoms with Crippen molar-refractivity contribution in [1.82, 2.24) is 9.80 Å². The molecule has 2 aliphatic heterocycles. The number of amides is 1. The van der Waals surface area contributed by atoms with Crippen LogP contribution in [0, 0.1) is 0 Å². The average Bonchev–Trinajstić information content (AvgIpc) is 2.64. The van der Waals surface area contributed by atoms with Gasteiger partial charge in [-0.05, 0) is 37.1 Å². The minimum atomic E-state index is -3.78. The van der Waals surface area contributed by atoms with Crippen molar-refractivity contribution in [3.8, 4) is 5.75 Å². The normalized spacial score (nSPS) is 19.4. The molecule has 0 atom stereocenters. The molecule has 0 radical (unpaired) electrons. The number of carbonyl (C=O) groups excluding carboxylic acids is 1. The molecule has 2 heterocycles. The zero-order valence-electron chi connectivity index (χ0n) is 14.5. The number of hydrogen-bond acceptors (Lipinski definition) is 4. The van der Waals surface area contributed by atoms with Crippen LogP contribution in [0.2, 0.25) is 0 Å². The van der Waals surface area contributed by atoms with Crippen LogP contribution in [0.3, 0.4) is 0 Å². The second-order valence-corrected chi connectivity index (χ2v) is 7.72. The Morgan fingerprint density at radius 2 is 1.96 bits per heavy atom. The SMILES string of the molecule is CN1CCCC/C1=N/S(=O)(=O)C1=CCN(C(=O)Oc2ccccc2)C=C1. The molecule has 0 aromatic heterocycles. The number of piperidine rings is 1. The number of nitrogens with zero attached hydrogens (tertiary/aromatic N) is 3. The summed E-state index contributed by atoms with van der Waals surface area (Å²) in [6, 6.07) is 8.70. The van der Waals surface area contributed by atoms with Crippen LogP contribution >= 0.6 is 0 Å². The van der Waals surface area contributed by atoms with Crippen molar-refractivity contribution < 1.29 is 17.9 Å². The maximum Gasteiger partial charge on any atom is 0.419 e. The second kappa shape index (κ2) is 7.74. The molecular formula is C18H21N3O4S. The maximum atomic E-state index is 12.5. The topological polar surface area (TPSA) is 79.3 Å². The van der Waals surface area contributed by atoms with Crippen LogP contribution in [-0.4, -0.2) is 50.3 Å². The molecule has 0 saturated carbocycles. The van der Waals surface area contributed by atoms with Gasteiger partial charge >= 0.3 is 6.09 Å². The molecule has 0 unspecified atom stereocenters. The highest BCUT2D eigenvalue weighted by atomic mass is 32.2. The van der Waals surface area contributed by atoms with Crippen molar-refractivity contribution in [1.29, 1.82) is 0 Å². The van der Waals surface area contributed by atoms with Gasteiger partial charge in [0.1, 0.15) is 11.6 Å². The van der Waals surface area contributed by atoms with Crippen molar-refractivity contribution in [3.05, 3.63) is 53.6 Å². The summed E-state index contributed by atoms with van der Waals surface area (Å²) in [6.45, 7) is 0.916. The van der Waals surface area contributed by atoms with E-state index in [1.165, 1.54) is 23.3 Å². The molecule has 26 heavy (non-hydrogen) atoms. The highest BCUT2D eigenvalue weighted by molar-refractivity contribution is 7.94. The number of allylic oxidation sites excluding steroid dienone is 1. The lowest BCUT2D eigenvalue weighted by Gasteiger charge is -2.26. The van der Waals surface area contributed by atoms with Crippen LogP contribution < -0.4 is 4.74 Å². The van der Waals surface area contributed by atoms with Gasteiger partial charge in [0.05, 0.1) is 4.91 Å². The van der Waals surface area contributed by atoms with E-state index in [9.17, 15) is 13.2 Å². The Morgan fingerprint density at radius 3 is 2.62 bits per heavy atom. The van der Waals surface area contributed by atoms with Gasteiger partial charge in [-0.3, -0.25) is 4.90 Å². The quantitative estimate of drug-likeness (QED) is 0.812. The Hall–Kier alpha value is -2.61. The molecule has 0 aliphatic carbocycles. The highest BCUT2D eigenvalue weighted by Crippen LogP contribution is 2.20. The van der Waals surface area contributed by atoms with Gasteiger partial charge in [0.2, 0.25) is 0 Å². The van der Waals surface area contributed by atoms with Crippen molar-refractivity contribution in [2.45, 2.75) is 19.3 Å². The molecule has 7 nitrogen and oxygen atoms in total. The second-order valence-electron chi connectivity index (χ2n) is 6.12. The summed E-state index contributed by atoms with van der Waals surface area (Å²) in [5, 5.41) is 0. The van der Waals surface area contributed by atoms with Gasteiger partial charge in [0.25, 0.3) is 10.0 Å². The molecule has 1 aromatic carbocycles. The number of rotatable bonds is 3. The highest BCUT2D eigenvalue weighted by Gasteiger charge is 2.23. The Morgan fingerprint density at radius 1 is 1.19 bits per heavy atom. The molecule has 0 bridgehead atoms. The van der Waals surface area contributed by atoms with E-state index in [2.05, 4.69) is 4.40 Å². The third-order valence-corrected chi connectivity index (χ3v) is 5.55. The third kappa shape index (κ3) is 4.32. The molecule has 3 rings (SSSR count). The molecule has 1 aromatic rings. The number of carbonyl (C=O) groups is 1. The van der Waals surface area contributed by atoms with Crippen LogP contribution in [0.1, 0.15) is 19.3 Å². The van der Waals surface area contributed by atoms with E-state index in [0.717, 1.165) is 19.4 Å². The maximum absolute atomic E-state index is 12.5. The predicted octanol–water partition coefficient (Wildman–Crippen LogP) is 2.74. The number of para-hydroxylation sites is 1. The van der Waals surface area contributed by atoms with Gasteiger partial charge in [-0.2, -0.15) is 8.42 Å². The first-order valence-corrected chi connectivity index (χ1v) is 9.86. The van der Waals surface area contributed by atoms with Gasteiger partial charge in [0, 0.05) is 32.8 Å². The van der Waals surface area contributed by atoms with Gasteiger partial charge < -0.3 is 9.64 Å². The van der Waals surface area contributed by atoms with E-state index < -0.39 is 16.1 Å². The van der Waals surface area contributed by atoms with E-state index in [1.54, 1.807) is 24.3 Å². The first kappa shape index (κ1) is 18.2.